The average Bonchev–Trinajstić information content (AvgIpc) is 2.61. The molecule has 0 aliphatic rings. The van der Waals surface area contributed by atoms with Gasteiger partial charge in [-0.3, -0.25) is 14.6 Å². The topological polar surface area (TPSA) is 89.6 Å². The van der Waals surface area contributed by atoms with Crippen LogP contribution in [0.1, 0.15) is 13.8 Å². The zero-order valence-electron chi connectivity index (χ0n) is 14.1. The third-order valence-corrected chi connectivity index (χ3v) is 3.78. The molecule has 2 amide bonds. The number of hydrogen-bond donors (Lipinski definition) is 2. The first-order valence-corrected chi connectivity index (χ1v) is 7.52. The number of fused-ring (bicyclic) bond motifs is 1. The van der Waals surface area contributed by atoms with Gasteiger partial charge in [-0.05, 0) is 32.0 Å². The molecule has 0 spiro atoms. The summed E-state index contributed by atoms with van der Waals surface area (Å²) in [5.74, 6) is -0.507. The SMILES string of the molecule is CO[C@H](C)C(=O)Nc1ccc(NC(=O)[C@@H](C)OC)c2cnccc12. The molecule has 0 bridgehead atoms. The first-order valence-electron chi connectivity index (χ1n) is 7.52. The molecule has 128 valence electrons. The molecule has 1 heterocycles. The van der Waals surface area contributed by atoms with Crippen molar-refractivity contribution >= 4 is 34.0 Å². The Morgan fingerprint density at radius 1 is 0.917 bits per heavy atom. The van der Waals surface area contributed by atoms with Crippen LogP contribution in [0.2, 0.25) is 0 Å². The third kappa shape index (κ3) is 3.87. The average molecular weight is 331 g/mol. The molecule has 2 aromatic rings. The van der Waals surface area contributed by atoms with Gasteiger partial charge in [0.25, 0.3) is 11.8 Å². The number of carbonyl (C=O) groups excluding carboxylic acids is 2. The Balaban J connectivity index is 2.36. The van der Waals surface area contributed by atoms with Gasteiger partial charge in [0.15, 0.2) is 0 Å². The molecule has 7 nitrogen and oxygen atoms in total. The predicted octanol–water partition coefficient (Wildman–Crippen LogP) is 2.18. The van der Waals surface area contributed by atoms with Gasteiger partial charge < -0.3 is 20.1 Å². The molecule has 1 aromatic carbocycles. The number of nitrogens with zero attached hydrogens (tertiary/aromatic N) is 1. The fraction of sp³-hybridized carbons (Fsp3) is 0.353. The van der Waals surface area contributed by atoms with E-state index in [9.17, 15) is 9.59 Å². The minimum absolute atomic E-state index is 0.250. The van der Waals surface area contributed by atoms with E-state index in [1.54, 1.807) is 44.4 Å². The fourth-order valence-electron chi connectivity index (χ4n) is 2.09. The van der Waals surface area contributed by atoms with E-state index in [0.717, 1.165) is 10.8 Å². The van der Waals surface area contributed by atoms with Crippen molar-refractivity contribution < 1.29 is 19.1 Å². The summed E-state index contributed by atoms with van der Waals surface area (Å²) in [5.41, 5.74) is 1.23. The van der Waals surface area contributed by atoms with Crippen molar-refractivity contribution in [3.8, 4) is 0 Å². The highest BCUT2D eigenvalue weighted by Gasteiger charge is 2.16. The minimum atomic E-state index is -0.571. The maximum absolute atomic E-state index is 12.0. The molecular formula is C17H21N3O4. The number of ether oxygens (including phenoxy) is 2. The Bertz CT molecular complexity index is 685. The Labute approximate surface area is 140 Å². The largest absolute Gasteiger partial charge is 0.372 e. The highest BCUT2D eigenvalue weighted by Crippen LogP contribution is 2.29. The van der Waals surface area contributed by atoms with Gasteiger partial charge >= 0.3 is 0 Å². The standard InChI is InChI=1S/C17H21N3O4/c1-10(23-3)16(21)19-14-5-6-15(20-17(22)11(2)24-4)13-9-18-8-7-12(13)14/h5-11H,1-4H3,(H,19,21)(H,20,22)/t10-,11-/m1/s1. The second-order valence-electron chi connectivity index (χ2n) is 5.32. The summed E-state index contributed by atoms with van der Waals surface area (Å²) in [6, 6.07) is 5.23. The van der Waals surface area contributed by atoms with E-state index in [-0.39, 0.29) is 11.8 Å². The lowest BCUT2D eigenvalue weighted by Gasteiger charge is -2.16. The van der Waals surface area contributed by atoms with Crippen molar-refractivity contribution in [3.05, 3.63) is 30.6 Å². The van der Waals surface area contributed by atoms with Crippen LogP contribution in [0, 0.1) is 0 Å². The van der Waals surface area contributed by atoms with Gasteiger partial charge in [0, 0.05) is 43.1 Å². The number of aromatic nitrogens is 1. The predicted molar refractivity (Wildman–Crippen MR) is 91.9 cm³/mol. The number of nitrogens with one attached hydrogen (secondary N) is 2. The molecule has 2 rings (SSSR count). The number of anilines is 2. The molecular weight excluding hydrogens is 310 g/mol. The number of carbonyl (C=O) groups is 2. The summed E-state index contributed by atoms with van der Waals surface area (Å²) in [5, 5.41) is 7.12. The van der Waals surface area contributed by atoms with E-state index in [4.69, 9.17) is 9.47 Å². The van der Waals surface area contributed by atoms with Crippen LogP contribution in [-0.4, -0.2) is 43.2 Å². The fourth-order valence-corrected chi connectivity index (χ4v) is 2.09. The lowest BCUT2D eigenvalue weighted by Crippen LogP contribution is -2.27. The zero-order valence-corrected chi connectivity index (χ0v) is 14.1. The van der Waals surface area contributed by atoms with Gasteiger partial charge in [0.2, 0.25) is 0 Å². The van der Waals surface area contributed by atoms with Gasteiger partial charge in [0.1, 0.15) is 12.2 Å². The van der Waals surface area contributed by atoms with E-state index in [2.05, 4.69) is 15.6 Å². The molecule has 24 heavy (non-hydrogen) atoms. The lowest BCUT2D eigenvalue weighted by atomic mass is 10.1. The summed E-state index contributed by atoms with van der Waals surface area (Å²) in [7, 11) is 2.95. The molecule has 0 saturated heterocycles. The van der Waals surface area contributed by atoms with Crippen molar-refractivity contribution in [1.29, 1.82) is 0 Å². The monoisotopic (exact) mass is 331 g/mol. The van der Waals surface area contributed by atoms with Gasteiger partial charge in [-0.2, -0.15) is 0 Å². The molecule has 7 heteroatoms. The van der Waals surface area contributed by atoms with E-state index in [1.807, 2.05) is 0 Å². The number of rotatable bonds is 6. The summed E-state index contributed by atoms with van der Waals surface area (Å²) in [6.45, 7) is 3.33. The van der Waals surface area contributed by atoms with Crippen molar-refractivity contribution in [2.24, 2.45) is 0 Å². The Kier molecular flexibility index (Phi) is 5.83. The number of benzene rings is 1. The van der Waals surface area contributed by atoms with Gasteiger partial charge in [0.05, 0.1) is 5.69 Å². The maximum atomic E-state index is 12.0. The van der Waals surface area contributed by atoms with Crippen LogP contribution < -0.4 is 10.6 Å². The Morgan fingerprint density at radius 3 is 1.92 bits per heavy atom. The molecule has 0 radical (unpaired) electrons. The summed E-state index contributed by atoms with van der Waals surface area (Å²) < 4.78 is 10.0. The van der Waals surface area contributed by atoms with E-state index < -0.39 is 12.2 Å². The zero-order chi connectivity index (χ0) is 17.7. The van der Waals surface area contributed by atoms with Gasteiger partial charge in [-0.15, -0.1) is 0 Å². The molecule has 1 aromatic heterocycles. The molecule has 2 N–H and O–H groups in total. The molecule has 0 aliphatic heterocycles. The van der Waals surface area contributed by atoms with Crippen LogP contribution in [0.5, 0.6) is 0 Å². The highest BCUT2D eigenvalue weighted by molar-refractivity contribution is 6.10. The second-order valence-corrected chi connectivity index (χ2v) is 5.32. The minimum Gasteiger partial charge on any atom is -0.372 e. The summed E-state index contributed by atoms with van der Waals surface area (Å²) in [4.78, 5) is 28.2. The Morgan fingerprint density at radius 2 is 1.42 bits per heavy atom. The normalized spacial score (nSPS) is 13.3. The number of methoxy groups -OCH3 is 2. The van der Waals surface area contributed by atoms with Crippen LogP contribution in [0.3, 0.4) is 0 Å². The van der Waals surface area contributed by atoms with Crippen molar-refractivity contribution in [2.75, 3.05) is 24.9 Å². The van der Waals surface area contributed by atoms with Crippen LogP contribution >= 0.6 is 0 Å². The number of amides is 2. The van der Waals surface area contributed by atoms with Crippen molar-refractivity contribution in [3.63, 3.8) is 0 Å². The maximum Gasteiger partial charge on any atom is 0.253 e. The highest BCUT2D eigenvalue weighted by atomic mass is 16.5. The summed E-state index contributed by atoms with van der Waals surface area (Å²) in [6.07, 6.45) is 2.13. The van der Waals surface area contributed by atoms with Crippen LogP contribution in [0.15, 0.2) is 30.6 Å². The van der Waals surface area contributed by atoms with Crippen LogP contribution in [-0.2, 0) is 19.1 Å². The van der Waals surface area contributed by atoms with Crippen LogP contribution in [0.4, 0.5) is 11.4 Å². The van der Waals surface area contributed by atoms with E-state index >= 15 is 0 Å². The molecule has 0 aliphatic carbocycles. The van der Waals surface area contributed by atoms with Crippen molar-refractivity contribution in [2.45, 2.75) is 26.1 Å². The Hall–Kier alpha value is -2.51. The van der Waals surface area contributed by atoms with Crippen LogP contribution in [0.25, 0.3) is 10.8 Å². The first-order chi connectivity index (χ1) is 11.5. The molecule has 0 fully saturated rings. The quantitative estimate of drug-likeness (QED) is 0.847. The lowest BCUT2D eigenvalue weighted by molar-refractivity contribution is -0.125. The number of hydrogen-bond acceptors (Lipinski definition) is 5. The van der Waals surface area contributed by atoms with E-state index in [0.29, 0.717) is 11.4 Å². The van der Waals surface area contributed by atoms with Gasteiger partial charge in [-0.1, -0.05) is 0 Å². The number of pyridine rings is 1. The van der Waals surface area contributed by atoms with Crippen molar-refractivity contribution in [1.82, 2.24) is 4.98 Å². The third-order valence-electron chi connectivity index (χ3n) is 3.78. The summed E-state index contributed by atoms with van der Waals surface area (Å²) >= 11 is 0. The molecule has 0 saturated carbocycles. The van der Waals surface area contributed by atoms with Gasteiger partial charge in [-0.25, -0.2) is 0 Å². The second kappa shape index (κ2) is 7.85. The first kappa shape index (κ1) is 17.8. The molecule has 0 unspecified atom stereocenters. The molecule has 2 atom stereocenters. The van der Waals surface area contributed by atoms with E-state index in [1.165, 1.54) is 14.2 Å². The smallest absolute Gasteiger partial charge is 0.253 e.